The van der Waals surface area contributed by atoms with Crippen LogP contribution in [0, 0.1) is 0 Å². The highest BCUT2D eigenvalue weighted by Crippen LogP contribution is 2.23. The summed E-state index contributed by atoms with van der Waals surface area (Å²) >= 11 is 12.0. The van der Waals surface area contributed by atoms with Gasteiger partial charge in [-0.1, -0.05) is 59.6 Å². The van der Waals surface area contributed by atoms with E-state index in [-0.39, 0.29) is 29.9 Å². The Kier molecular flexibility index (Phi) is 8.54. The van der Waals surface area contributed by atoms with Crippen LogP contribution in [0.4, 0.5) is 0 Å². The molecule has 0 saturated carbocycles. The molecule has 1 heterocycles. The van der Waals surface area contributed by atoms with E-state index in [4.69, 9.17) is 27.6 Å². The zero-order chi connectivity index (χ0) is 22.9. The van der Waals surface area contributed by atoms with Crippen molar-refractivity contribution in [1.29, 1.82) is 0 Å². The van der Waals surface area contributed by atoms with Gasteiger partial charge in [0, 0.05) is 18.7 Å². The number of carbonyl (C=O) groups is 2. The first-order valence-electron chi connectivity index (χ1n) is 10.2. The van der Waals surface area contributed by atoms with Crippen LogP contribution in [-0.2, 0) is 17.8 Å². The van der Waals surface area contributed by atoms with Gasteiger partial charge < -0.3 is 14.2 Å². The average molecular weight is 471 g/mol. The highest BCUT2D eigenvalue weighted by molar-refractivity contribution is 6.42. The van der Waals surface area contributed by atoms with E-state index >= 15 is 0 Å². The van der Waals surface area contributed by atoms with Crippen molar-refractivity contribution in [2.45, 2.75) is 13.0 Å². The molecule has 0 N–H and O–H groups in total. The van der Waals surface area contributed by atoms with Gasteiger partial charge in [0.2, 0.25) is 5.91 Å². The molecule has 0 saturated heterocycles. The molecule has 166 valence electrons. The van der Waals surface area contributed by atoms with Crippen molar-refractivity contribution in [3.8, 4) is 0 Å². The van der Waals surface area contributed by atoms with E-state index in [9.17, 15) is 9.59 Å². The number of nitrogens with zero attached hydrogens (tertiary/aromatic N) is 2. The fraction of sp³-hybridized carbons (Fsp3) is 0.200. The molecule has 0 atom stereocenters. The minimum atomic E-state index is -0.321. The van der Waals surface area contributed by atoms with E-state index in [1.54, 1.807) is 35.4 Å². The van der Waals surface area contributed by atoms with Crippen LogP contribution in [0.5, 0.6) is 0 Å². The maximum absolute atomic E-state index is 13.2. The Hall–Kier alpha value is -3.02. The second-order valence-corrected chi connectivity index (χ2v) is 8.05. The Morgan fingerprint density at radius 1 is 0.969 bits per heavy atom. The molecule has 0 fully saturated rings. The van der Waals surface area contributed by atoms with Crippen molar-refractivity contribution in [3.05, 3.63) is 107 Å². The van der Waals surface area contributed by atoms with E-state index in [1.165, 1.54) is 11.0 Å². The van der Waals surface area contributed by atoms with Crippen LogP contribution >= 0.6 is 23.2 Å². The van der Waals surface area contributed by atoms with Gasteiger partial charge in [-0.2, -0.15) is 0 Å². The third-order valence-corrected chi connectivity index (χ3v) is 5.66. The first-order valence-corrected chi connectivity index (χ1v) is 10.9. The van der Waals surface area contributed by atoms with Crippen LogP contribution in [0.25, 0.3) is 0 Å². The summed E-state index contributed by atoms with van der Waals surface area (Å²) in [6, 6.07) is 18.2. The molecular formula is C25H24Cl2N2O3. The Morgan fingerprint density at radius 2 is 1.75 bits per heavy atom. The molecule has 0 spiro atoms. The molecular weight excluding hydrogens is 447 g/mol. The van der Waals surface area contributed by atoms with Crippen LogP contribution in [0.2, 0.25) is 10.0 Å². The second-order valence-electron chi connectivity index (χ2n) is 7.23. The molecule has 0 bridgehead atoms. The van der Waals surface area contributed by atoms with Crippen LogP contribution < -0.4 is 0 Å². The minimum absolute atomic E-state index is 0.0966. The van der Waals surface area contributed by atoms with Crippen molar-refractivity contribution < 1.29 is 14.0 Å². The number of carbonyl (C=O) groups excluding carboxylic acids is 2. The highest BCUT2D eigenvalue weighted by Gasteiger charge is 2.23. The predicted octanol–water partition coefficient (Wildman–Crippen LogP) is 5.49. The lowest BCUT2D eigenvalue weighted by Crippen LogP contribution is -2.43. The smallest absolute Gasteiger partial charge is 0.254 e. The fourth-order valence-electron chi connectivity index (χ4n) is 3.24. The first kappa shape index (κ1) is 23.6. The van der Waals surface area contributed by atoms with Gasteiger partial charge in [0.25, 0.3) is 5.91 Å². The van der Waals surface area contributed by atoms with Crippen LogP contribution in [0.1, 0.15) is 21.7 Å². The van der Waals surface area contributed by atoms with E-state index < -0.39 is 0 Å². The summed E-state index contributed by atoms with van der Waals surface area (Å²) in [5, 5.41) is 0.643. The van der Waals surface area contributed by atoms with Gasteiger partial charge in [0.15, 0.2) is 0 Å². The summed E-state index contributed by atoms with van der Waals surface area (Å²) in [7, 11) is 0. The molecule has 1 aromatic heterocycles. The van der Waals surface area contributed by atoms with Gasteiger partial charge in [-0.05, 0) is 42.3 Å². The molecule has 5 nitrogen and oxygen atoms in total. The molecule has 3 rings (SSSR count). The van der Waals surface area contributed by atoms with Crippen LogP contribution in [0.3, 0.4) is 0 Å². The lowest BCUT2D eigenvalue weighted by atomic mass is 10.1. The number of halogens is 2. The summed E-state index contributed by atoms with van der Waals surface area (Å²) in [6.07, 6.45) is 3.85. The summed E-state index contributed by atoms with van der Waals surface area (Å²) < 4.78 is 5.44. The molecule has 0 radical (unpaired) electrons. The van der Waals surface area contributed by atoms with Crippen molar-refractivity contribution in [3.63, 3.8) is 0 Å². The van der Waals surface area contributed by atoms with Gasteiger partial charge in [0.05, 0.1) is 22.9 Å². The van der Waals surface area contributed by atoms with Gasteiger partial charge in [-0.15, -0.1) is 6.58 Å². The molecule has 32 heavy (non-hydrogen) atoms. The Morgan fingerprint density at radius 3 is 2.41 bits per heavy atom. The van der Waals surface area contributed by atoms with E-state index in [0.29, 0.717) is 35.9 Å². The maximum Gasteiger partial charge on any atom is 0.254 e. The number of furan rings is 1. The summed E-state index contributed by atoms with van der Waals surface area (Å²) in [4.78, 5) is 29.4. The van der Waals surface area contributed by atoms with Gasteiger partial charge >= 0.3 is 0 Å². The highest BCUT2D eigenvalue weighted by atomic mass is 35.5. The fourth-order valence-corrected chi connectivity index (χ4v) is 3.54. The average Bonchev–Trinajstić information content (AvgIpc) is 3.31. The van der Waals surface area contributed by atoms with Crippen molar-refractivity contribution in [2.75, 3.05) is 19.6 Å². The molecule has 0 unspecified atom stereocenters. The zero-order valence-corrected chi connectivity index (χ0v) is 19.1. The first-order chi connectivity index (χ1) is 15.5. The number of benzene rings is 2. The lowest BCUT2D eigenvalue weighted by molar-refractivity contribution is -0.132. The SMILES string of the molecule is C=CCN(CC(=O)N(CCc1ccccc1)Cc1ccco1)C(=O)c1ccc(Cl)c(Cl)c1. The van der Waals surface area contributed by atoms with E-state index in [0.717, 1.165) is 5.56 Å². The Balaban J connectivity index is 1.75. The molecule has 7 heteroatoms. The third kappa shape index (κ3) is 6.49. The van der Waals surface area contributed by atoms with Crippen LogP contribution in [-0.4, -0.2) is 41.2 Å². The van der Waals surface area contributed by atoms with Gasteiger partial charge in [0.1, 0.15) is 12.3 Å². The predicted molar refractivity (Wildman–Crippen MR) is 127 cm³/mol. The monoisotopic (exact) mass is 470 g/mol. The summed E-state index contributed by atoms with van der Waals surface area (Å²) in [6.45, 7) is 4.65. The Labute approximate surface area is 197 Å². The van der Waals surface area contributed by atoms with Crippen molar-refractivity contribution in [1.82, 2.24) is 9.80 Å². The number of hydrogen-bond acceptors (Lipinski definition) is 3. The lowest BCUT2D eigenvalue weighted by Gasteiger charge is -2.27. The summed E-state index contributed by atoms with van der Waals surface area (Å²) in [5.74, 6) is 0.169. The largest absolute Gasteiger partial charge is 0.467 e. The minimum Gasteiger partial charge on any atom is -0.467 e. The maximum atomic E-state index is 13.2. The third-order valence-electron chi connectivity index (χ3n) is 4.92. The molecule has 2 amide bonds. The van der Waals surface area contributed by atoms with Crippen LogP contribution in [0.15, 0.2) is 84.0 Å². The van der Waals surface area contributed by atoms with E-state index in [2.05, 4.69) is 6.58 Å². The molecule has 3 aromatic rings. The topological polar surface area (TPSA) is 53.8 Å². The summed E-state index contributed by atoms with van der Waals surface area (Å²) in [5.41, 5.74) is 1.48. The molecule has 0 aliphatic rings. The number of hydrogen-bond donors (Lipinski definition) is 0. The number of rotatable bonds is 10. The Bertz CT molecular complexity index is 1050. The molecule has 0 aliphatic heterocycles. The normalized spacial score (nSPS) is 10.6. The standard InChI is InChI=1S/C25H24Cl2N2O3/c1-2-13-29(25(31)20-10-11-22(26)23(27)16-20)18-24(30)28(17-21-9-6-15-32-21)14-12-19-7-4-3-5-8-19/h2-11,15-16H,1,12-14,17-18H2. The van der Waals surface area contributed by atoms with Gasteiger partial charge in [-0.3, -0.25) is 9.59 Å². The van der Waals surface area contributed by atoms with Gasteiger partial charge in [-0.25, -0.2) is 0 Å². The van der Waals surface area contributed by atoms with Crippen molar-refractivity contribution >= 4 is 35.0 Å². The quantitative estimate of drug-likeness (QED) is 0.368. The second kappa shape index (κ2) is 11.6. The zero-order valence-electron chi connectivity index (χ0n) is 17.5. The molecule has 0 aliphatic carbocycles. The van der Waals surface area contributed by atoms with E-state index in [1.807, 2.05) is 36.4 Å². The van der Waals surface area contributed by atoms with Crippen molar-refractivity contribution in [2.24, 2.45) is 0 Å². The number of amides is 2. The molecule has 2 aromatic carbocycles.